The van der Waals surface area contributed by atoms with Crippen LogP contribution in [0.3, 0.4) is 0 Å². The molecule has 1 N–H and O–H groups in total. The topological polar surface area (TPSA) is 44.0 Å². The summed E-state index contributed by atoms with van der Waals surface area (Å²) in [6.07, 6.45) is 9.48. The Kier molecular flexibility index (Phi) is 3.26. The van der Waals surface area contributed by atoms with E-state index in [9.17, 15) is 10.4 Å². The van der Waals surface area contributed by atoms with Crippen LogP contribution >= 0.6 is 0 Å². The molecule has 2 nitrogen and oxygen atoms in total. The molecule has 90 valence electrons. The first-order valence-corrected chi connectivity index (χ1v) is 6.76. The van der Waals surface area contributed by atoms with Gasteiger partial charge in [0.15, 0.2) is 0 Å². The summed E-state index contributed by atoms with van der Waals surface area (Å²) in [6, 6.07) is 2.50. The monoisotopic (exact) mass is 221 g/mol. The van der Waals surface area contributed by atoms with E-state index in [0.29, 0.717) is 5.92 Å². The van der Waals surface area contributed by atoms with Crippen LogP contribution in [0.2, 0.25) is 0 Å². The summed E-state index contributed by atoms with van der Waals surface area (Å²) < 4.78 is 0. The van der Waals surface area contributed by atoms with Crippen LogP contribution in [0.15, 0.2) is 0 Å². The molecule has 0 amide bonds. The molecule has 2 aliphatic carbocycles. The predicted molar refractivity (Wildman–Crippen MR) is 63.7 cm³/mol. The van der Waals surface area contributed by atoms with E-state index in [1.807, 2.05) is 0 Å². The van der Waals surface area contributed by atoms with E-state index in [0.717, 1.165) is 38.5 Å². The standard InChI is InChI=1S/C14H23NO/c1-12-9-14(16,10-12)13(11-15)7-5-3-2-4-6-8-13/h12,16H,2-10H2,1H3. The minimum atomic E-state index is -0.668. The molecule has 0 radical (unpaired) electrons. The van der Waals surface area contributed by atoms with Gasteiger partial charge in [0.2, 0.25) is 0 Å². The third-order valence-electron chi connectivity index (χ3n) is 4.68. The van der Waals surface area contributed by atoms with Crippen molar-refractivity contribution in [2.45, 2.75) is 70.3 Å². The van der Waals surface area contributed by atoms with Crippen molar-refractivity contribution in [3.63, 3.8) is 0 Å². The van der Waals surface area contributed by atoms with Crippen LogP contribution in [-0.2, 0) is 0 Å². The second-order valence-corrected chi connectivity index (χ2v) is 6.01. The van der Waals surface area contributed by atoms with Gasteiger partial charge in [0.05, 0.1) is 17.1 Å². The van der Waals surface area contributed by atoms with Crippen molar-refractivity contribution in [2.24, 2.45) is 11.3 Å². The van der Waals surface area contributed by atoms with Gasteiger partial charge in [0, 0.05) is 0 Å². The SMILES string of the molecule is CC1CC(O)(C2(C#N)CCCCCCC2)C1. The highest BCUT2D eigenvalue weighted by Crippen LogP contribution is 2.54. The molecule has 2 saturated carbocycles. The summed E-state index contributed by atoms with van der Waals surface area (Å²) in [5.41, 5.74) is -1.10. The lowest BCUT2D eigenvalue weighted by molar-refractivity contribution is -0.149. The van der Waals surface area contributed by atoms with E-state index >= 15 is 0 Å². The van der Waals surface area contributed by atoms with Gasteiger partial charge in [-0.25, -0.2) is 0 Å². The van der Waals surface area contributed by atoms with Crippen LogP contribution in [0.5, 0.6) is 0 Å². The smallest absolute Gasteiger partial charge is 0.0860 e. The van der Waals surface area contributed by atoms with Crippen molar-refractivity contribution < 1.29 is 5.11 Å². The van der Waals surface area contributed by atoms with E-state index in [1.165, 1.54) is 19.3 Å². The molecule has 0 aliphatic heterocycles. The zero-order valence-electron chi connectivity index (χ0n) is 10.3. The summed E-state index contributed by atoms with van der Waals surface area (Å²) >= 11 is 0. The molecule has 2 rings (SSSR count). The van der Waals surface area contributed by atoms with Crippen molar-refractivity contribution in [1.29, 1.82) is 5.26 Å². The lowest BCUT2D eigenvalue weighted by Gasteiger charge is -2.52. The first-order valence-electron chi connectivity index (χ1n) is 6.76. The lowest BCUT2D eigenvalue weighted by Crippen LogP contribution is -2.56. The maximum atomic E-state index is 10.7. The fourth-order valence-corrected chi connectivity index (χ4v) is 3.67. The van der Waals surface area contributed by atoms with Gasteiger partial charge in [-0.3, -0.25) is 0 Å². The molecule has 0 aromatic heterocycles. The highest BCUT2D eigenvalue weighted by atomic mass is 16.3. The first kappa shape index (κ1) is 11.9. The lowest BCUT2D eigenvalue weighted by atomic mass is 9.54. The zero-order valence-corrected chi connectivity index (χ0v) is 10.3. The predicted octanol–water partition coefficient (Wildman–Crippen LogP) is 3.40. The molecule has 0 saturated heterocycles. The number of rotatable bonds is 1. The van der Waals surface area contributed by atoms with Gasteiger partial charge in [-0.15, -0.1) is 0 Å². The Balaban J connectivity index is 2.13. The minimum Gasteiger partial charge on any atom is -0.388 e. The highest BCUT2D eigenvalue weighted by Gasteiger charge is 2.56. The Labute approximate surface area is 98.7 Å². The van der Waals surface area contributed by atoms with E-state index in [1.54, 1.807) is 0 Å². The third-order valence-corrected chi connectivity index (χ3v) is 4.68. The molecule has 0 aromatic carbocycles. The number of hydrogen-bond acceptors (Lipinski definition) is 2. The third kappa shape index (κ3) is 1.86. The molecular formula is C14H23NO. The van der Waals surface area contributed by atoms with Crippen LogP contribution in [0.25, 0.3) is 0 Å². The second-order valence-electron chi connectivity index (χ2n) is 6.01. The van der Waals surface area contributed by atoms with Crippen LogP contribution in [-0.4, -0.2) is 10.7 Å². The van der Waals surface area contributed by atoms with E-state index in [-0.39, 0.29) is 0 Å². The highest BCUT2D eigenvalue weighted by molar-refractivity contribution is 5.16. The van der Waals surface area contributed by atoms with Gasteiger partial charge in [0.25, 0.3) is 0 Å². The molecular weight excluding hydrogens is 198 g/mol. The largest absolute Gasteiger partial charge is 0.388 e. The maximum Gasteiger partial charge on any atom is 0.0860 e. The fraction of sp³-hybridized carbons (Fsp3) is 0.929. The summed E-state index contributed by atoms with van der Waals surface area (Å²) in [5.74, 6) is 0.598. The van der Waals surface area contributed by atoms with Gasteiger partial charge in [0.1, 0.15) is 0 Å². The molecule has 2 fully saturated rings. The van der Waals surface area contributed by atoms with Crippen LogP contribution in [0.1, 0.15) is 64.7 Å². The molecule has 2 aliphatic rings. The van der Waals surface area contributed by atoms with Crippen LogP contribution in [0, 0.1) is 22.7 Å². The number of hydrogen-bond donors (Lipinski definition) is 1. The van der Waals surface area contributed by atoms with Crippen LogP contribution < -0.4 is 0 Å². The number of nitrogens with zero attached hydrogens (tertiary/aromatic N) is 1. The normalized spacial score (nSPS) is 38.9. The molecule has 0 unspecified atom stereocenters. The van der Waals surface area contributed by atoms with Gasteiger partial charge < -0.3 is 5.11 Å². The second kappa shape index (κ2) is 4.37. The molecule has 0 atom stereocenters. The van der Waals surface area contributed by atoms with Crippen LogP contribution in [0.4, 0.5) is 0 Å². The van der Waals surface area contributed by atoms with Crippen molar-refractivity contribution in [3.8, 4) is 6.07 Å². The molecule has 0 heterocycles. The molecule has 0 aromatic rings. The first-order chi connectivity index (χ1) is 7.62. The Morgan fingerprint density at radius 2 is 1.56 bits per heavy atom. The van der Waals surface area contributed by atoms with Crippen molar-refractivity contribution in [3.05, 3.63) is 0 Å². The average molecular weight is 221 g/mol. The maximum absolute atomic E-state index is 10.7. The quantitative estimate of drug-likeness (QED) is 0.737. The van der Waals surface area contributed by atoms with Crippen molar-refractivity contribution in [1.82, 2.24) is 0 Å². The number of aliphatic hydroxyl groups is 1. The van der Waals surface area contributed by atoms with Crippen molar-refractivity contribution in [2.75, 3.05) is 0 Å². The molecule has 16 heavy (non-hydrogen) atoms. The Morgan fingerprint density at radius 3 is 2.00 bits per heavy atom. The van der Waals surface area contributed by atoms with Gasteiger partial charge in [-0.1, -0.05) is 39.0 Å². The summed E-state index contributed by atoms with van der Waals surface area (Å²) in [7, 11) is 0. The van der Waals surface area contributed by atoms with E-state index in [2.05, 4.69) is 13.0 Å². The zero-order chi connectivity index (χ0) is 11.6. The summed E-state index contributed by atoms with van der Waals surface area (Å²) in [5, 5.41) is 20.2. The molecule has 0 bridgehead atoms. The average Bonchev–Trinajstić information content (AvgIpc) is 2.16. The van der Waals surface area contributed by atoms with E-state index < -0.39 is 11.0 Å². The van der Waals surface area contributed by atoms with E-state index in [4.69, 9.17) is 0 Å². The molecule has 0 spiro atoms. The fourth-order valence-electron chi connectivity index (χ4n) is 3.67. The Bertz CT molecular complexity index is 278. The minimum absolute atomic E-state index is 0.431. The summed E-state index contributed by atoms with van der Waals surface area (Å²) in [4.78, 5) is 0. The van der Waals surface area contributed by atoms with Gasteiger partial charge in [-0.05, 0) is 31.6 Å². The number of nitriles is 1. The Morgan fingerprint density at radius 1 is 1.06 bits per heavy atom. The van der Waals surface area contributed by atoms with Crippen molar-refractivity contribution >= 4 is 0 Å². The Hall–Kier alpha value is -0.550. The van der Waals surface area contributed by atoms with Gasteiger partial charge in [-0.2, -0.15) is 5.26 Å². The van der Waals surface area contributed by atoms with Gasteiger partial charge >= 0.3 is 0 Å². The summed E-state index contributed by atoms with van der Waals surface area (Å²) in [6.45, 7) is 2.17. The molecule has 2 heteroatoms.